The average molecular weight is 324 g/mol. The van der Waals surface area contributed by atoms with Crippen LogP contribution in [-0.2, 0) is 0 Å². The summed E-state index contributed by atoms with van der Waals surface area (Å²) in [7, 11) is 0. The van der Waals surface area contributed by atoms with Crippen LogP contribution in [0.15, 0.2) is 41.2 Å². The first-order chi connectivity index (χ1) is 10.1. The number of hydrogen-bond donors (Lipinski definition) is 1. The number of anilines is 1. The number of nitrogens with two attached hydrogens (primary N) is 1. The van der Waals surface area contributed by atoms with E-state index in [2.05, 4.69) is 10.1 Å². The summed E-state index contributed by atoms with van der Waals surface area (Å²) < 4.78 is 19.1. The SMILES string of the molecule is Nc1noc(-c2ccncc2F)c1-c1c(Cl)cccc1Cl. The standard InChI is InChI=1S/C14H8Cl2FN3O/c15-8-2-1-3-9(16)11(8)12-13(21-20-14(12)18)7-4-5-19-6-10(7)17/h1-6H,(H2,18,20). The van der Waals surface area contributed by atoms with Gasteiger partial charge in [-0.05, 0) is 18.2 Å². The molecule has 0 amide bonds. The molecule has 0 radical (unpaired) electrons. The predicted molar refractivity (Wildman–Crippen MR) is 79.6 cm³/mol. The third-order valence-corrected chi connectivity index (χ3v) is 3.58. The van der Waals surface area contributed by atoms with Crippen molar-refractivity contribution in [3.8, 4) is 22.5 Å². The summed E-state index contributed by atoms with van der Waals surface area (Å²) in [5.41, 5.74) is 6.83. The van der Waals surface area contributed by atoms with Gasteiger partial charge in [-0.25, -0.2) is 4.39 Å². The van der Waals surface area contributed by atoms with E-state index in [0.29, 0.717) is 21.2 Å². The fourth-order valence-electron chi connectivity index (χ4n) is 2.02. The molecule has 2 aromatic heterocycles. The summed E-state index contributed by atoms with van der Waals surface area (Å²) in [4.78, 5) is 3.69. The molecule has 3 rings (SSSR count). The van der Waals surface area contributed by atoms with E-state index < -0.39 is 5.82 Å². The van der Waals surface area contributed by atoms with E-state index in [9.17, 15) is 4.39 Å². The summed E-state index contributed by atoms with van der Waals surface area (Å²) in [6.07, 6.45) is 2.52. The minimum Gasteiger partial charge on any atom is -0.380 e. The molecule has 1 aromatic carbocycles. The Kier molecular flexibility index (Phi) is 3.53. The second-order valence-corrected chi connectivity index (χ2v) is 5.04. The molecule has 0 aliphatic heterocycles. The van der Waals surface area contributed by atoms with Gasteiger partial charge < -0.3 is 10.3 Å². The van der Waals surface area contributed by atoms with E-state index in [0.717, 1.165) is 6.20 Å². The van der Waals surface area contributed by atoms with Gasteiger partial charge in [-0.3, -0.25) is 4.98 Å². The number of halogens is 3. The molecule has 0 atom stereocenters. The third-order valence-electron chi connectivity index (χ3n) is 2.95. The Labute approximate surface area is 129 Å². The molecule has 0 bridgehead atoms. The van der Waals surface area contributed by atoms with Crippen LogP contribution in [0, 0.1) is 5.82 Å². The molecule has 21 heavy (non-hydrogen) atoms. The molecule has 0 saturated carbocycles. The Morgan fingerprint density at radius 3 is 2.48 bits per heavy atom. The second kappa shape index (κ2) is 5.35. The Morgan fingerprint density at radius 1 is 1.10 bits per heavy atom. The van der Waals surface area contributed by atoms with Gasteiger partial charge in [0.1, 0.15) is 0 Å². The monoisotopic (exact) mass is 323 g/mol. The van der Waals surface area contributed by atoms with Crippen LogP contribution in [0.5, 0.6) is 0 Å². The molecule has 0 aliphatic rings. The number of nitrogens with zero attached hydrogens (tertiary/aromatic N) is 2. The van der Waals surface area contributed by atoms with Crippen molar-refractivity contribution in [2.75, 3.05) is 5.73 Å². The maximum absolute atomic E-state index is 13.9. The maximum Gasteiger partial charge on any atom is 0.180 e. The normalized spacial score (nSPS) is 10.8. The summed E-state index contributed by atoms with van der Waals surface area (Å²) in [5, 5.41) is 4.43. The number of rotatable bonds is 2. The van der Waals surface area contributed by atoms with Crippen molar-refractivity contribution < 1.29 is 8.91 Å². The molecule has 7 heteroatoms. The minimum absolute atomic E-state index is 0.0798. The first-order valence-electron chi connectivity index (χ1n) is 5.89. The van der Waals surface area contributed by atoms with Crippen LogP contribution in [0.1, 0.15) is 0 Å². The van der Waals surface area contributed by atoms with Crippen LogP contribution in [0.2, 0.25) is 10.0 Å². The molecule has 106 valence electrons. The van der Waals surface area contributed by atoms with Gasteiger partial charge in [-0.15, -0.1) is 0 Å². The van der Waals surface area contributed by atoms with E-state index in [-0.39, 0.29) is 17.1 Å². The number of pyridine rings is 1. The molecule has 2 N–H and O–H groups in total. The van der Waals surface area contributed by atoms with E-state index in [1.807, 2.05) is 0 Å². The highest BCUT2D eigenvalue weighted by Crippen LogP contribution is 2.43. The zero-order valence-corrected chi connectivity index (χ0v) is 12.0. The van der Waals surface area contributed by atoms with Gasteiger partial charge in [0.15, 0.2) is 17.4 Å². The van der Waals surface area contributed by atoms with Crippen molar-refractivity contribution in [3.05, 3.63) is 52.5 Å². The molecule has 0 spiro atoms. The first kappa shape index (κ1) is 13.9. The lowest BCUT2D eigenvalue weighted by molar-refractivity contribution is 0.433. The van der Waals surface area contributed by atoms with Crippen LogP contribution in [0.3, 0.4) is 0 Å². The molecular weight excluding hydrogens is 316 g/mol. The second-order valence-electron chi connectivity index (χ2n) is 4.22. The highest BCUT2D eigenvalue weighted by molar-refractivity contribution is 6.39. The van der Waals surface area contributed by atoms with Crippen molar-refractivity contribution in [2.24, 2.45) is 0 Å². The first-order valence-corrected chi connectivity index (χ1v) is 6.64. The van der Waals surface area contributed by atoms with Gasteiger partial charge in [0.2, 0.25) is 0 Å². The zero-order chi connectivity index (χ0) is 15.0. The summed E-state index contributed by atoms with van der Waals surface area (Å²) in [5.74, 6) is -0.323. The van der Waals surface area contributed by atoms with Crippen LogP contribution in [0.4, 0.5) is 10.2 Å². The van der Waals surface area contributed by atoms with Crippen molar-refractivity contribution in [2.45, 2.75) is 0 Å². The third kappa shape index (κ3) is 2.34. The molecule has 0 fully saturated rings. The number of nitrogen functional groups attached to an aromatic ring is 1. The minimum atomic E-state index is -0.557. The van der Waals surface area contributed by atoms with Crippen LogP contribution < -0.4 is 5.73 Å². The van der Waals surface area contributed by atoms with Gasteiger partial charge in [-0.1, -0.05) is 34.4 Å². The maximum atomic E-state index is 13.9. The zero-order valence-electron chi connectivity index (χ0n) is 10.5. The van der Waals surface area contributed by atoms with Gasteiger partial charge in [-0.2, -0.15) is 0 Å². The van der Waals surface area contributed by atoms with Gasteiger partial charge >= 0.3 is 0 Å². The fraction of sp³-hybridized carbons (Fsp3) is 0. The van der Waals surface area contributed by atoms with Gasteiger partial charge in [0.05, 0.1) is 27.4 Å². The highest BCUT2D eigenvalue weighted by atomic mass is 35.5. The lowest BCUT2D eigenvalue weighted by atomic mass is 10.0. The molecule has 3 aromatic rings. The van der Waals surface area contributed by atoms with Gasteiger partial charge in [0.25, 0.3) is 0 Å². The molecule has 0 unspecified atom stereocenters. The fourth-order valence-corrected chi connectivity index (χ4v) is 2.61. The smallest absolute Gasteiger partial charge is 0.180 e. The number of aromatic nitrogens is 2. The summed E-state index contributed by atoms with van der Waals surface area (Å²) >= 11 is 12.4. The van der Waals surface area contributed by atoms with Crippen molar-refractivity contribution >= 4 is 29.0 Å². The molecule has 0 aliphatic carbocycles. The summed E-state index contributed by atoms with van der Waals surface area (Å²) in [6, 6.07) is 6.47. The Bertz CT molecular complexity index is 799. The van der Waals surface area contributed by atoms with Gasteiger partial charge in [0, 0.05) is 11.8 Å². The largest absolute Gasteiger partial charge is 0.380 e. The molecule has 0 saturated heterocycles. The van der Waals surface area contributed by atoms with E-state index in [1.165, 1.54) is 12.3 Å². The predicted octanol–water partition coefficient (Wildman–Crippen LogP) is 4.43. The van der Waals surface area contributed by atoms with E-state index >= 15 is 0 Å². The van der Waals surface area contributed by atoms with Crippen LogP contribution >= 0.6 is 23.2 Å². The number of benzene rings is 1. The van der Waals surface area contributed by atoms with Crippen molar-refractivity contribution in [1.29, 1.82) is 0 Å². The Balaban J connectivity index is 2.31. The van der Waals surface area contributed by atoms with E-state index in [1.54, 1.807) is 18.2 Å². The lowest BCUT2D eigenvalue weighted by Gasteiger charge is -2.07. The average Bonchev–Trinajstić information content (AvgIpc) is 2.81. The van der Waals surface area contributed by atoms with E-state index in [4.69, 9.17) is 33.5 Å². The van der Waals surface area contributed by atoms with Crippen molar-refractivity contribution in [3.63, 3.8) is 0 Å². The number of hydrogen-bond acceptors (Lipinski definition) is 4. The molecule has 2 heterocycles. The summed E-state index contributed by atoms with van der Waals surface area (Å²) in [6.45, 7) is 0. The van der Waals surface area contributed by atoms with Crippen molar-refractivity contribution in [1.82, 2.24) is 10.1 Å². The molecule has 4 nitrogen and oxygen atoms in total. The Morgan fingerprint density at radius 2 is 1.81 bits per heavy atom. The quantitative estimate of drug-likeness (QED) is 0.757. The van der Waals surface area contributed by atoms with Crippen LogP contribution in [-0.4, -0.2) is 10.1 Å². The topological polar surface area (TPSA) is 64.9 Å². The Hall–Kier alpha value is -2.11. The molecular formula is C14H8Cl2FN3O. The lowest BCUT2D eigenvalue weighted by Crippen LogP contribution is -1.92. The highest BCUT2D eigenvalue weighted by Gasteiger charge is 2.23. The van der Waals surface area contributed by atoms with Crippen LogP contribution in [0.25, 0.3) is 22.5 Å².